The summed E-state index contributed by atoms with van der Waals surface area (Å²) in [7, 11) is 0. The van der Waals surface area contributed by atoms with Crippen molar-refractivity contribution in [2.45, 2.75) is 19.4 Å². The van der Waals surface area contributed by atoms with E-state index < -0.39 is 0 Å². The van der Waals surface area contributed by atoms with Crippen LogP contribution >= 0.6 is 0 Å². The van der Waals surface area contributed by atoms with Crippen molar-refractivity contribution >= 4 is 11.6 Å². The Kier molecular flexibility index (Phi) is 3.37. The average Bonchev–Trinajstić information content (AvgIpc) is 2.95. The summed E-state index contributed by atoms with van der Waals surface area (Å²) >= 11 is 0. The van der Waals surface area contributed by atoms with Gasteiger partial charge < -0.3 is 10.6 Å². The first kappa shape index (κ1) is 12.7. The lowest BCUT2D eigenvalue weighted by Crippen LogP contribution is -2.26. The number of amides is 1. The Bertz CT molecular complexity index is 625. The minimum Gasteiger partial charge on any atom is -0.384 e. The molecule has 0 aliphatic carbocycles. The summed E-state index contributed by atoms with van der Waals surface area (Å²) in [6.07, 6.45) is 4.53. The standard InChI is InChI=1S/C16H17N3O/c1-11(14-3-2-7-17-10-14)19-16(20)13-5-4-12-6-8-18-15(12)9-13/h2-5,7,9-11,18H,6,8H2,1H3,(H,19,20)/t11-/m0/s1. The van der Waals surface area contributed by atoms with Gasteiger partial charge in [-0.15, -0.1) is 0 Å². The SMILES string of the molecule is C[C@H](NC(=O)c1ccc2c(c1)NCC2)c1cccnc1. The average molecular weight is 267 g/mol. The Hall–Kier alpha value is -2.36. The minimum absolute atomic E-state index is 0.0575. The number of pyridine rings is 1. The monoisotopic (exact) mass is 267 g/mol. The van der Waals surface area contributed by atoms with Crippen molar-refractivity contribution in [2.24, 2.45) is 0 Å². The van der Waals surface area contributed by atoms with E-state index in [4.69, 9.17) is 0 Å². The van der Waals surface area contributed by atoms with E-state index in [-0.39, 0.29) is 11.9 Å². The van der Waals surface area contributed by atoms with Crippen LogP contribution in [0.3, 0.4) is 0 Å². The smallest absolute Gasteiger partial charge is 0.251 e. The van der Waals surface area contributed by atoms with Crippen LogP contribution in [-0.4, -0.2) is 17.4 Å². The Labute approximate surface area is 118 Å². The first-order valence-corrected chi connectivity index (χ1v) is 6.81. The Morgan fingerprint density at radius 1 is 1.40 bits per heavy atom. The molecule has 102 valence electrons. The van der Waals surface area contributed by atoms with Gasteiger partial charge in [0.25, 0.3) is 5.91 Å². The van der Waals surface area contributed by atoms with Gasteiger partial charge in [-0.1, -0.05) is 12.1 Å². The van der Waals surface area contributed by atoms with Crippen molar-refractivity contribution in [3.05, 3.63) is 59.4 Å². The molecule has 0 bridgehead atoms. The molecule has 1 aliphatic rings. The van der Waals surface area contributed by atoms with Crippen LogP contribution in [0, 0.1) is 0 Å². The number of carbonyl (C=O) groups excluding carboxylic acids is 1. The maximum absolute atomic E-state index is 12.3. The number of hydrogen-bond acceptors (Lipinski definition) is 3. The molecule has 0 unspecified atom stereocenters. The number of anilines is 1. The molecule has 0 saturated carbocycles. The maximum Gasteiger partial charge on any atom is 0.251 e. The Morgan fingerprint density at radius 2 is 2.30 bits per heavy atom. The largest absolute Gasteiger partial charge is 0.384 e. The second-order valence-electron chi connectivity index (χ2n) is 5.03. The number of nitrogens with zero attached hydrogens (tertiary/aromatic N) is 1. The summed E-state index contributed by atoms with van der Waals surface area (Å²) in [5, 5.41) is 6.29. The quantitative estimate of drug-likeness (QED) is 0.898. The number of carbonyl (C=O) groups is 1. The number of benzene rings is 1. The maximum atomic E-state index is 12.3. The fourth-order valence-electron chi connectivity index (χ4n) is 2.43. The summed E-state index contributed by atoms with van der Waals surface area (Å²) < 4.78 is 0. The summed E-state index contributed by atoms with van der Waals surface area (Å²) in [5.41, 5.74) is 4.04. The second-order valence-corrected chi connectivity index (χ2v) is 5.03. The molecule has 4 nitrogen and oxygen atoms in total. The van der Waals surface area contributed by atoms with Crippen LogP contribution in [0.4, 0.5) is 5.69 Å². The lowest BCUT2D eigenvalue weighted by atomic mass is 10.1. The molecule has 2 aromatic rings. The van der Waals surface area contributed by atoms with E-state index >= 15 is 0 Å². The third-order valence-corrected chi connectivity index (χ3v) is 3.61. The molecule has 0 spiro atoms. The van der Waals surface area contributed by atoms with E-state index in [0.29, 0.717) is 5.56 Å². The molecule has 1 aromatic heterocycles. The molecule has 0 saturated heterocycles. The van der Waals surface area contributed by atoms with Crippen molar-refractivity contribution < 1.29 is 4.79 Å². The van der Waals surface area contributed by atoms with Gasteiger partial charge in [0.2, 0.25) is 0 Å². The van der Waals surface area contributed by atoms with Gasteiger partial charge in [0.1, 0.15) is 0 Å². The molecule has 0 fully saturated rings. The molecule has 1 amide bonds. The summed E-state index contributed by atoms with van der Waals surface area (Å²) in [5.74, 6) is -0.0575. The fourth-order valence-corrected chi connectivity index (χ4v) is 2.43. The van der Waals surface area contributed by atoms with E-state index in [1.165, 1.54) is 5.56 Å². The zero-order chi connectivity index (χ0) is 13.9. The van der Waals surface area contributed by atoms with Gasteiger partial charge in [0.05, 0.1) is 6.04 Å². The van der Waals surface area contributed by atoms with E-state index in [9.17, 15) is 4.79 Å². The van der Waals surface area contributed by atoms with Gasteiger partial charge in [-0.25, -0.2) is 0 Å². The highest BCUT2D eigenvalue weighted by molar-refractivity contribution is 5.95. The van der Waals surface area contributed by atoms with Crippen molar-refractivity contribution in [3.8, 4) is 0 Å². The third kappa shape index (κ3) is 2.50. The van der Waals surface area contributed by atoms with Crippen LogP contribution in [-0.2, 0) is 6.42 Å². The second kappa shape index (κ2) is 5.33. The minimum atomic E-state index is -0.0580. The molecule has 20 heavy (non-hydrogen) atoms. The van der Waals surface area contributed by atoms with E-state index in [0.717, 1.165) is 24.2 Å². The van der Waals surface area contributed by atoms with Gasteiger partial charge in [-0.05, 0) is 42.7 Å². The molecule has 1 aliphatic heterocycles. The van der Waals surface area contributed by atoms with Gasteiger partial charge in [0.15, 0.2) is 0 Å². The molecule has 4 heteroatoms. The zero-order valence-corrected chi connectivity index (χ0v) is 11.4. The summed E-state index contributed by atoms with van der Waals surface area (Å²) in [6.45, 7) is 2.91. The van der Waals surface area contributed by atoms with Crippen LogP contribution < -0.4 is 10.6 Å². The van der Waals surface area contributed by atoms with Crippen LogP contribution in [0.1, 0.15) is 34.5 Å². The number of fused-ring (bicyclic) bond motifs is 1. The van der Waals surface area contributed by atoms with Crippen LogP contribution in [0.15, 0.2) is 42.7 Å². The van der Waals surface area contributed by atoms with E-state index in [1.54, 1.807) is 12.4 Å². The highest BCUT2D eigenvalue weighted by Gasteiger charge is 2.15. The molecule has 2 N–H and O–H groups in total. The van der Waals surface area contributed by atoms with E-state index in [2.05, 4.69) is 15.6 Å². The molecular weight excluding hydrogens is 250 g/mol. The highest BCUT2D eigenvalue weighted by Crippen LogP contribution is 2.23. The van der Waals surface area contributed by atoms with Crippen molar-refractivity contribution in [2.75, 3.05) is 11.9 Å². The first-order chi connectivity index (χ1) is 9.74. The molecule has 0 radical (unpaired) electrons. The van der Waals surface area contributed by atoms with Crippen LogP contribution in [0.5, 0.6) is 0 Å². The molecule has 2 heterocycles. The number of rotatable bonds is 3. The Balaban J connectivity index is 1.73. The molecule has 3 rings (SSSR count). The lowest BCUT2D eigenvalue weighted by Gasteiger charge is -2.14. The molecule has 1 atom stereocenters. The first-order valence-electron chi connectivity index (χ1n) is 6.81. The van der Waals surface area contributed by atoms with Crippen molar-refractivity contribution in [1.82, 2.24) is 10.3 Å². The number of hydrogen-bond donors (Lipinski definition) is 2. The normalized spacial score (nSPS) is 14.2. The zero-order valence-electron chi connectivity index (χ0n) is 11.4. The van der Waals surface area contributed by atoms with Crippen molar-refractivity contribution in [1.29, 1.82) is 0 Å². The van der Waals surface area contributed by atoms with Gasteiger partial charge >= 0.3 is 0 Å². The van der Waals surface area contributed by atoms with Gasteiger partial charge in [-0.2, -0.15) is 0 Å². The number of nitrogens with one attached hydrogen (secondary N) is 2. The molecular formula is C16H17N3O. The molecule has 1 aromatic carbocycles. The van der Waals surface area contributed by atoms with Crippen LogP contribution in [0.2, 0.25) is 0 Å². The van der Waals surface area contributed by atoms with E-state index in [1.807, 2.05) is 37.3 Å². The summed E-state index contributed by atoms with van der Waals surface area (Å²) in [4.78, 5) is 16.3. The van der Waals surface area contributed by atoms with Gasteiger partial charge in [0, 0.05) is 30.2 Å². The third-order valence-electron chi connectivity index (χ3n) is 3.61. The van der Waals surface area contributed by atoms with Crippen LogP contribution in [0.25, 0.3) is 0 Å². The Morgan fingerprint density at radius 3 is 3.10 bits per heavy atom. The predicted octanol–water partition coefficient (Wildman–Crippen LogP) is 2.54. The lowest BCUT2D eigenvalue weighted by molar-refractivity contribution is 0.0940. The fraction of sp³-hybridized carbons (Fsp3) is 0.250. The topological polar surface area (TPSA) is 54.0 Å². The highest BCUT2D eigenvalue weighted by atomic mass is 16.1. The van der Waals surface area contributed by atoms with Gasteiger partial charge in [-0.3, -0.25) is 9.78 Å². The number of aromatic nitrogens is 1. The van der Waals surface area contributed by atoms with Crippen molar-refractivity contribution in [3.63, 3.8) is 0 Å². The summed E-state index contributed by atoms with van der Waals surface area (Å²) in [6, 6.07) is 9.61. The predicted molar refractivity (Wildman–Crippen MR) is 78.8 cm³/mol.